The van der Waals surface area contributed by atoms with Gasteiger partial charge in [0.2, 0.25) is 15.9 Å². The lowest BCUT2D eigenvalue weighted by atomic mass is 9.84. The van der Waals surface area contributed by atoms with Gasteiger partial charge in [-0.25, -0.2) is 18.1 Å². The summed E-state index contributed by atoms with van der Waals surface area (Å²) in [6.45, 7) is 8.61. The number of fused-ring (bicyclic) bond motifs is 2. The molecule has 3 heterocycles. The van der Waals surface area contributed by atoms with Gasteiger partial charge in [-0.1, -0.05) is 30.3 Å². The first-order chi connectivity index (χ1) is 20.1. The number of methoxy groups -OCH3 is 1. The zero-order chi connectivity index (χ0) is 30.2. The molecule has 0 saturated carbocycles. The first-order valence-electron chi connectivity index (χ1n) is 13.9. The van der Waals surface area contributed by atoms with Crippen molar-refractivity contribution in [3.63, 3.8) is 0 Å². The smallest absolute Gasteiger partial charge is 0.304 e. The molecule has 42 heavy (non-hydrogen) atoms. The Kier molecular flexibility index (Phi) is 8.20. The number of carboxylic acids is 1. The number of benzene rings is 2. The number of nitrogens with zero attached hydrogens (tertiary/aromatic N) is 5. The number of aromatic nitrogens is 4. The van der Waals surface area contributed by atoms with Crippen molar-refractivity contribution in [2.45, 2.75) is 70.5 Å². The first-order valence-corrected chi connectivity index (χ1v) is 15.4. The molecule has 2 atom stereocenters. The van der Waals surface area contributed by atoms with Gasteiger partial charge in [-0.05, 0) is 73.2 Å². The third-order valence-electron chi connectivity index (χ3n) is 7.93. The molecule has 5 rings (SSSR count). The van der Waals surface area contributed by atoms with Crippen LogP contribution in [-0.2, 0) is 27.9 Å². The molecular formula is C30H35N5O6S. The van der Waals surface area contributed by atoms with Gasteiger partial charge >= 0.3 is 5.97 Å². The zero-order valence-corrected chi connectivity index (χ0v) is 25.2. The minimum atomic E-state index is -3.90. The summed E-state index contributed by atoms with van der Waals surface area (Å²) in [4.78, 5) is 16.4. The van der Waals surface area contributed by atoms with Gasteiger partial charge in [0, 0.05) is 25.2 Å². The average molecular weight is 594 g/mol. The summed E-state index contributed by atoms with van der Waals surface area (Å²) >= 11 is 0. The standard InChI is InChI=1S/C30H35N5O6S/c1-6-22-17-34(42(38,39)26-9-8-12-31-30(26)41-22)16-21-13-20(11-10-18(21)3)24(15-27(36)37)23-14-25(40-5)29-28(19(23)4)32-33-35(29)7-2/h8-14,22,24H,6-7,15-17H2,1-5H3,(H,36,37)/t22-,24+/m1/s1. The Morgan fingerprint density at radius 1 is 1.21 bits per heavy atom. The van der Waals surface area contributed by atoms with Crippen LogP contribution >= 0.6 is 0 Å². The van der Waals surface area contributed by atoms with E-state index in [0.29, 0.717) is 24.2 Å². The van der Waals surface area contributed by atoms with Gasteiger partial charge in [0.15, 0.2) is 0 Å². The van der Waals surface area contributed by atoms with Crippen molar-refractivity contribution in [2.75, 3.05) is 13.7 Å². The highest BCUT2D eigenvalue weighted by Crippen LogP contribution is 2.39. The maximum absolute atomic E-state index is 13.8. The normalized spacial score (nSPS) is 17.3. The molecule has 0 spiro atoms. The van der Waals surface area contributed by atoms with Gasteiger partial charge in [0.05, 0.1) is 20.1 Å². The molecule has 0 amide bonds. The lowest BCUT2D eigenvalue weighted by Crippen LogP contribution is -2.36. The van der Waals surface area contributed by atoms with Crippen LogP contribution in [0.2, 0.25) is 0 Å². The minimum absolute atomic E-state index is 0.0367. The highest BCUT2D eigenvalue weighted by atomic mass is 32.2. The molecule has 2 aromatic carbocycles. The summed E-state index contributed by atoms with van der Waals surface area (Å²) in [7, 11) is -2.34. The molecule has 12 heteroatoms. The van der Waals surface area contributed by atoms with Crippen LogP contribution in [0, 0.1) is 13.8 Å². The van der Waals surface area contributed by atoms with E-state index in [1.54, 1.807) is 17.9 Å². The van der Waals surface area contributed by atoms with Crippen molar-refractivity contribution in [3.05, 3.63) is 70.4 Å². The van der Waals surface area contributed by atoms with E-state index in [-0.39, 0.29) is 36.4 Å². The van der Waals surface area contributed by atoms with Crippen molar-refractivity contribution < 1.29 is 27.8 Å². The molecular weight excluding hydrogens is 558 g/mol. The van der Waals surface area contributed by atoms with Crippen LogP contribution in [0.5, 0.6) is 11.6 Å². The first kappa shape index (κ1) is 29.5. The van der Waals surface area contributed by atoms with Crippen LogP contribution in [0.3, 0.4) is 0 Å². The second kappa shape index (κ2) is 11.7. The van der Waals surface area contributed by atoms with Gasteiger partial charge in [-0.2, -0.15) is 4.31 Å². The average Bonchev–Trinajstić information content (AvgIpc) is 3.37. The fourth-order valence-corrected chi connectivity index (χ4v) is 7.06. The predicted molar refractivity (Wildman–Crippen MR) is 156 cm³/mol. The number of pyridine rings is 1. The summed E-state index contributed by atoms with van der Waals surface area (Å²) < 4.78 is 42.4. The number of carboxylic acid groups (broad SMARTS) is 1. The molecule has 11 nitrogen and oxygen atoms in total. The van der Waals surface area contributed by atoms with Crippen LogP contribution < -0.4 is 9.47 Å². The molecule has 1 aliphatic heterocycles. The van der Waals surface area contributed by atoms with E-state index in [1.165, 1.54) is 16.6 Å². The van der Waals surface area contributed by atoms with Crippen molar-refractivity contribution in [3.8, 4) is 11.6 Å². The fourth-order valence-electron chi connectivity index (χ4n) is 5.54. The molecule has 0 aliphatic carbocycles. The van der Waals surface area contributed by atoms with Crippen LogP contribution in [0.25, 0.3) is 11.0 Å². The van der Waals surface area contributed by atoms with E-state index in [4.69, 9.17) is 9.47 Å². The Morgan fingerprint density at radius 2 is 2.00 bits per heavy atom. The summed E-state index contributed by atoms with van der Waals surface area (Å²) in [5.41, 5.74) is 5.42. The largest absolute Gasteiger partial charge is 0.494 e. The highest BCUT2D eigenvalue weighted by molar-refractivity contribution is 7.89. The number of ether oxygens (including phenoxy) is 2. The molecule has 0 fully saturated rings. The van der Waals surface area contributed by atoms with E-state index in [0.717, 1.165) is 33.3 Å². The van der Waals surface area contributed by atoms with E-state index >= 15 is 0 Å². The zero-order valence-electron chi connectivity index (χ0n) is 24.4. The van der Waals surface area contributed by atoms with E-state index in [9.17, 15) is 18.3 Å². The molecule has 0 radical (unpaired) electrons. The van der Waals surface area contributed by atoms with Gasteiger partial charge in [0.1, 0.15) is 27.8 Å². The molecule has 1 N–H and O–H groups in total. The maximum atomic E-state index is 13.8. The monoisotopic (exact) mass is 593 g/mol. The fraction of sp³-hybridized carbons (Fsp3) is 0.400. The van der Waals surface area contributed by atoms with Gasteiger partial charge in [0.25, 0.3) is 0 Å². The summed E-state index contributed by atoms with van der Waals surface area (Å²) in [5, 5.41) is 18.6. The Hall–Kier alpha value is -4.03. The SMILES string of the molecule is CC[C@@H]1CN(Cc2cc([C@H](CC(=O)O)c3cc(OC)c4c(nnn4CC)c3C)ccc2C)S(=O)(=O)c2cccnc2O1. The second-order valence-corrected chi connectivity index (χ2v) is 12.4. The molecule has 0 saturated heterocycles. The molecule has 4 aromatic rings. The molecule has 2 aromatic heterocycles. The van der Waals surface area contributed by atoms with Crippen molar-refractivity contribution >= 4 is 27.0 Å². The Morgan fingerprint density at radius 3 is 2.69 bits per heavy atom. The third kappa shape index (κ3) is 5.32. The van der Waals surface area contributed by atoms with Crippen LogP contribution in [0.15, 0.2) is 47.5 Å². The summed E-state index contributed by atoms with van der Waals surface area (Å²) in [5.74, 6) is -0.823. The van der Waals surface area contributed by atoms with Crippen molar-refractivity contribution in [2.24, 2.45) is 0 Å². The van der Waals surface area contributed by atoms with Gasteiger partial charge in [-0.3, -0.25) is 4.79 Å². The molecule has 0 bridgehead atoms. The van der Waals surface area contributed by atoms with Crippen LogP contribution in [-0.4, -0.2) is 63.5 Å². The lowest BCUT2D eigenvalue weighted by Gasteiger charge is -2.25. The molecule has 222 valence electrons. The number of rotatable bonds is 9. The van der Waals surface area contributed by atoms with Crippen LogP contribution in [0.1, 0.15) is 60.4 Å². The number of hydrogen-bond donors (Lipinski definition) is 1. The van der Waals surface area contributed by atoms with E-state index < -0.39 is 21.9 Å². The highest BCUT2D eigenvalue weighted by Gasteiger charge is 2.35. The number of carbonyl (C=O) groups is 1. The topological polar surface area (TPSA) is 137 Å². The molecule has 0 unspecified atom stereocenters. The maximum Gasteiger partial charge on any atom is 0.304 e. The predicted octanol–water partition coefficient (Wildman–Crippen LogP) is 4.44. The van der Waals surface area contributed by atoms with Crippen LogP contribution in [0.4, 0.5) is 0 Å². The lowest BCUT2D eigenvalue weighted by molar-refractivity contribution is -0.137. The second-order valence-electron chi connectivity index (χ2n) is 10.5. The Balaban J connectivity index is 1.59. The Labute approximate surface area is 245 Å². The van der Waals surface area contributed by atoms with Gasteiger partial charge in [-0.15, -0.1) is 5.10 Å². The van der Waals surface area contributed by atoms with Crippen molar-refractivity contribution in [1.29, 1.82) is 0 Å². The summed E-state index contributed by atoms with van der Waals surface area (Å²) in [6.07, 6.45) is 1.59. The number of hydrogen-bond acceptors (Lipinski definition) is 8. The number of aryl methyl sites for hydroxylation is 3. The third-order valence-corrected chi connectivity index (χ3v) is 9.76. The summed E-state index contributed by atoms with van der Waals surface area (Å²) in [6, 6.07) is 10.7. The van der Waals surface area contributed by atoms with E-state index in [2.05, 4.69) is 15.3 Å². The van der Waals surface area contributed by atoms with Gasteiger partial charge < -0.3 is 14.6 Å². The van der Waals surface area contributed by atoms with Crippen molar-refractivity contribution in [1.82, 2.24) is 24.3 Å². The van der Waals surface area contributed by atoms with E-state index in [1.807, 2.05) is 52.0 Å². The number of sulfonamides is 1. The number of aliphatic carboxylic acids is 1. The minimum Gasteiger partial charge on any atom is -0.494 e. The molecule has 1 aliphatic rings. The quantitative estimate of drug-likeness (QED) is 0.299. The Bertz CT molecular complexity index is 1750.